The highest BCUT2D eigenvalue weighted by Gasteiger charge is 2.16. The lowest BCUT2D eigenvalue weighted by Crippen LogP contribution is -2.00. The molecule has 84 valence electrons. The lowest BCUT2D eigenvalue weighted by Gasteiger charge is -2.09. The van der Waals surface area contributed by atoms with Crippen LogP contribution in [0.5, 0.6) is 0 Å². The van der Waals surface area contributed by atoms with Crippen molar-refractivity contribution in [3.8, 4) is 6.07 Å². The monoisotopic (exact) mass is 271 g/mol. The molecule has 0 aliphatic heterocycles. The molecular formula is C11H10ClNOS2. The van der Waals surface area contributed by atoms with E-state index in [2.05, 4.69) is 6.07 Å². The predicted molar refractivity (Wildman–Crippen MR) is 71.6 cm³/mol. The van der Waals surface area contributed by atoms with Gasteiger partial charge in [0.05, 0.1) is 0 Å². The van der Waals surface area contributed by atoms with Crippen molar-refractivity contribution in [1.82, 2.24) is 0 Å². The number of allylic oxidation sites excluding steroid dienone is 1. The van der Waals surface area contributed by atoms with Gasteiger partial charge in [-0.1, -0.05) is 35.5 Å². The molecule has 1 rings (SSSR count). The molecular weight excluding hydrogens is 262 g/mol. The first-order valence-corrected chi connectivity index (χ1v) is 7.54. The van der Waals surface area contributed by atoms with Crippen molar-refractivity contribution in [2.45, 2.75) is 0 Å². The Morgan fingerprint density at radius 1 is 1.44 bits per heavy atom. The predicted octanol–water partition coefficient (Wildman–Crippen LogP) is 3.27. The van der Waals surface area contributed by atoms with Gasteiger partial charge < -0.3 is 4.55 Å². The standard InChI is InChI=1S/C11H10ClNOS2/c1-15-11(16(2)14)10(7-13)8-3-5-9(12)6-4-8/h3-6H,1-2H3/b11-10+. The van der Waals surface area contributed by atoms with Crippen LogP contribution in [0, 0.1) is 11.3 Å². The van der Waals surface area contributed by atoms with Crippen LogP contribution < -0.4 is 0 Å². The van der Waals surface area contributed by atoms with E-state index in [-0.39, 0.29) is 0 Å². The zero-order valence-electron chi connectivity index (χ0n) is 8.86. The van der Waals surface area contributed by atoms with Crippen molar-refractivity contribution >= 4 is 40.1 Å². The Hall–Kier alpha value is -0.600. The van der Waals surface area contributed by atoms with Crippen molar-refractivity contribution < 1.29 is 4.55 Å². The van der Waals surface area contributed by atoms with Gasteiger partial charge in [0.25, 0.3) is 0 Å². The number of benzene rings is 1. The summed E-state index contributed by atoms with van der Waals surface area (Å²) in [6.07, 6.45) is 3.38. The van der Waals surface area contributed by atoms with E-state index in [0.717, 1.165) is 5.56 Å². The molecule has 0 fully saturated rings. The average Bonchev–Trinajstić information content (AvgIpc) is 2.26. The highest BCUT2D eigenvalue weighted by molar-refractivity contribution is 8.18. The minimum atomic E-state index is -1.15. The van der Waals surface area contributed by atoms with Crippen molar-refractivity contribution in [1.29, 1.82) is 5.26 Å². The average molecular weight is 272 g/mol. The summed E-state index contributed by atoms with van der Waals surface area (Å²) in [5.41, 5.74) is 1.19. The summed E-state index contributed by atoms with van der Waals surface area (Å²) < 4.78 is 12.1. The molecule has 5 heteroatoms. The first kappa shape index (κ1) is 13.5. The SMILES string of the molecule is CS/C(=C(/C#N)c1ccc(Cl)cc1)[S+](C)[O-]. The molecule has 0 radical (unpaired) electrons. The molecule has 0 aliphatic rings. The Bertz CT molecular complexity index is 434. The van der Waals surface area contributed by atoms with E-state index in [9.17, 15) is 4.55 Å². The second-order valence-electron chi connectivity index (χ2n) is 2.94. The van der Waals surface area contributed by atoms with Crippen LogP contribution in [-0.4, -0.2) is 17.1 Å². The second-order valence-corrected chi connectivity index (χ2v) is 5.77. The lowest BCUT2D eigenvalue weighted by molar-refractivity contribution is 0.608. The maximum Gasteiger partial charge on any atom is 0.204 e. The number of hydrogen-bond donors (Lipinski definition) is 0. The Kier molecular flexibility index (Phi) is 5.23. The first-order chi connectivity index (χ1) is 7.60. The lowest BCUT2D eigenvalue weighted by atomic mass is 10.1. The van der Waals surface area contributed by atoms with Crippen LogP contribution in [0.15, 0.2) is 28.5 Å². The van der Waals surface area contributed by atoms with E-state index >= 15 is 0 Å². The van der Waals surface area contributed by atoms with Gasteiger partial charge in [0.2, 0.25) is 4.24 Å². The van der Waals surface area contributed by atoms with Crippen LogP contribution in [0.3, 0.4) is 0 Å². The number of rotatable bonds is 3. The molecule has 2 nitrogen and oxygen atoms in total. The van der Waals surface area contributed by atoms with Crippen LogP contribution in [0.25, 0.3) is 5.57 Å². The molecule has 0 saturated carbocycles. The third-order valence-corrected chi connectivity index (χ3v) is 4.65. The number of halogens is 1. The third-order valence-electron chi connectivity index (χ3n) is 1.90. The fourth-order valence-corrected chi connectivity index (χ4v) is 3.09. The molecule has 16 heavy (non-hydrogen) atoms. The Balaban J connectivity index is 3.26. The van der Waals surface area contributed by atoms with Gasteiger partial charge in [0.15, 0.2) is 0 Å². The highest BCUT2D eigenvalue weighted by atomic mass is 35.5. The van der Waals surface area contributed by atoms with E-state index in [4.69, 9.17) is 16.9 Å². The van der Waals surface area contributed by atoms with Gasteiger partial charge in [0.1, 0.15) is 17.9 Å². The molecule has 0 aliphatic carbocycles. The zero-order valence-corrected chi connectivity index (χ0v) is 11.2. The van der Waals surface area contributed by atoms with E-state index in [0.29, 0.717) is 14.8 Å². The molecule has 0 spiro atoms. The first-order valence-electron chi connectivity index (χ1n) is 4.38. The highest BCUT2D eigenvalue weighted by Crippen LogP contribution is 2.29. The van der Waals surface area contributed by atoms with Gasteiger partial charge >= 0.3 is 0 Å². The largest absolute Gasteiger partial charge is 0.611 e. The van der Waals surface area contributed by atoms with Crippen molar-refractivity contribution in [2.24, 2.45) is 0 Å². The fourth-order valence-electron chi connectivity index (χ4n) is 1.21. The molecule has 0 N–H and O–H groups in total. The third kappa shape index (κ3) is 3.19. The summed E-state index contributed by atoms with van der Waals surface area (Å²) in [6.45, 7) is 0. The van der Waals surface area contributed by atoms with Crippen LogP contribution in [0.4, 0.5) is 0 Å². The number of thioether (sulfide) groups is 1. The van der Waals surface area contributed by atoms with Crippen molar-refractivity contribution in [2.75, 3.05) is 12.5 Å². The van der Waals surface area contributed by atoms with Gasteiger partial charge in [0, 0.05) is 5.02 Å². The van der Waals surface area contributed by atoms with Crippen LogP contribution in [-0.2, 0) is 11.2 Å². The topological polar surface area (TPSA) is 46.8 Å². The molecule has 1 unspecified atom stereocenters. The Morgan fingerprint density at radius 3 is 2.38 bits per heavy atom. The van der Waals surface area contributed by atoms with E-state index in [1.165, 1.54) is 11.8 Å². The smallest absolute Gasteiger partial charge is 0.204 e. The molecule has 0 bridgehead atoms. The van der Waals surface area contributed by atoms with E-state index in [1.54, 1.807) is 30.5 Å². The maximum absolute atomic E-state index is 11.5. The van der Waals surface area contributed by atoms with Gasteiger partial charge in [-0.3, -0.25) is 0 Å². The van der Waals surface area contributed by atoms with Crippen molar-refractivity contribution in [3.05, 3.63) is 39.1 Å². The number of hydrogen-bond acceptors (Lipinski definition) is 3. The number of nitriles is 1. The van der Waals surface area contributed by atoms with Gasteiger partial charge in [-0.05, 0) is 35.1 Å². The molecule has 1 aromatic rings. The van der Waals surface area contributed by atoms with Gasteiger partial charge in [-0.15, -0.1) is 0 Å². The maximum atomic E-state index is 11.5. The minimum absolute atomic E-state index is 0.449. The van der Waals surface area contributed by atoms with Crippen molar-refractivity contribution in [3.63, 3.8) is 0 Å². The molecule has 1 atom stereocenters. The molecule has 1 aromatic carbocycles. The molecule has 0 saturated heterocycles. The second kappa shape index (κ2) is 6.21. The zero-order chi connectivity index (χ0) is 12.1. The van der Waals surface area contributed by atoms with E-state index in [1.807, 2.05) is 6.26 Å². The summed E-state index contributed by atoms with van der Waals surface area (Å²) >= 11 is 5.95. The number of nitrogens with zero attached hydrogens (tertiary/aromatic N) is 1. The fraction of sp³-hybridized carbons (Fsp3) is 0.182. The molecule has 0 aromatic heterocycles. The van der Waals surface area contributed by atoms with E-state index < -0.39 is 11.2 Å². The Morgan fingerprint density at radius 2 is 2.00 bits per heavy atom. The quantitative estimate of drug-likeness (QED) is 0.626. The molecule has 0 heterocycles. The summed E-state index contributed by atoms with van der Waals surface area (Å²) in [4.78, 5) is 0. The Labute approximate surface area is 107 Å². The normalized spacial score (nSPS) is 13.9. The van der Waals surface area contributed by atoms with Crippen LogP contribution in [0.1, 0.15) is 5.56 Å². The minimum Gasteiger partial charge on any atom is -0.611 e. The summed E-state index contributed by atoms with van der Waals surface area (Å²) in [6, 6.07) is 9.03. The van der Waals surface area contributed by atoms with Gasteiger partial charge in [-0.25, -0.2) is 0 Å². The molecule has 0 amide bonds. The van der Waals surface area contributed by atoms with Crippen LogP contribution in [0.2, 0.25) is 5.02 Å². The summed E-state index contributed by atoms with van der Waals surface area (Å²) in [7, 11) is 0. The van der Waals surface area contributed by atoms with Gasteiger partial charge in [-0.2, -0.15) is 5.26 Å². The summed E-state index contributed by atoms with van der Waals surface area (Å²) in [5, 5.41) is 9.73. The summed E-state index contributed by atoms with van der Waals surface area (Å²) in [5.74, 6) is 0. The van der Waals surface area contributed by atoms with Crippen LogP contribution >= 0.6 is 23.4 Å².